The number of amides is 1. The summed E-state index contributed by atoms with van der Waals surface area (Å²) in [6.07, 6.45) is 0. The maximum atomic E-state index is 13.0. The Bertz CT molecular complexity index is 271. The van der Waals surface area contributed by atoms with Gasteiger partial charge in [0, 0.05) is 0 Å². The average Bonchev–Trinajstić information content (AvgIpc) is 1.99. The molecule has 0 bridgehead atoms. The summed E-state index contributed by atoms with van der Waals surface area (Å²) in [5, 5.41) is 11.0. The maximum Gasteiger partial charge on any atom is 0.296 e. The van der Waals surface area contributed by atoms with E-state index in [1.54, 1.807) is 0 Å². The summed E-state index contributed by atoms with van der Waals surface area (Å²) in [7, 11) is 0. The van der Waals surface area contributed by atoms with E-state index < -0.39 is 24.0 Å². The molecule has 0 aliphatic rings. The second-order valence-electron chi connectivity index (χ2n) is 3.32. The first-order chi connectivity index (χ1) is 6.20. The molecule has 0 atom stereocenters. The smallest absolute Gasteiger partial charge is 0.296 e. The highest BCUT2D eigenvalue weighted by molar-refractivity contribution is 5.93. The van der Waals surface area contributed by atoms with Gasteiger partial charge in [-0.25, -0.2) is 8.78 Å². The van der Waals surface area contributed by atoms with Gasteiger partial charge in [-0.1, -0.05) is 5.92 Å². The van der Waals surface area contributed by atoms with Gasteiger partial charge in [0.25, 0.3) is 11.8 Å². The number of halogens is 2. The highest BCUT2D eigenvalue weighted by Crippen LogP contribution is 2.26. The summed E-state index contributed by atoms with van der Waals surface area (Å²) in [6.45, 7) is 2.45. The van der Waals surface area contributed by atoms with Crippen LogP contribution in [0.2, 0.25) is 0 Å². The molecule has 5 heteroatoms. The van der Waals surface area contributed by atoms with E-state index in [1.165, 1.54) is 6.92 Å². The highest BCUT2D eigenvalue weighted by atomic mass is 19.3. The third-order valence-corrected chi connectivity index (χ3v) is 1.60. The minimum absolute atomic E-state index is 0.781. The first-order valence-corrected chi connectivity index (χ1v) is 4.01. The summed E-state index contributed by atoms with van der Waals surface area (Å²) < 4.78 is 26.0. The molecule has 3 nitrogen and oxygen atoms in total. The van der Waals surface area contributed by atoms with Crippen molar-refractivity contribution >= 4 is 5.91 Å². The minimum Gasteiger partial charge on any atom is -0.384 e. The van der Waals surface area contributed by atoms with Crippen molar-refractivity contribution in [3.8, 4) is 11.8 Å². The van der Waals surface area contributed by atoms with Crippen LogP contribution in [0.25, 0.3) is 0 Å². The quantitative estimate of drug-likeness (QED) is 0.660. The van der Waals surface area contributed by atoms with Crippen molar-refractivity contribution in [1.29, 1.82) is 0 Å². The van der Waals surface area contributed by atoms with Crippen LogP contribution in [-0.4, -0.2) is 29.1 Å². The molecule has 0 aromatic rings. The first kappa shape index (κ1) is 12.8. The Morgan fingerprint density at radius 1 is 1.50 bits per heavy atom. The minimum atomic E-state index is -3.38. The van der Waals surface area contributed by atoms with Gasteiger partial charge in [0.15, 0.2) is 0 Å². The van der Waals surface area contributed by atoms with Gasteiger partial charge in [-0.3, -0.25) is 4.79 Å². The number of carbonyl (C=O) groups is 1. The van der Waals surface area contributed by atoms with Crippen LogP contribution >= 0.6 is 0 Å². The summed E-state index contributed by atoms with van der Waals surface area (Å²) in [4.78, 5) is 10.7. The van der Waals surface area contributed by atoms with E-state index in [0.29, 0.717) is 0 Å². The van der Waals surface area contributed by atoms with E-state index in [4.69, 9.17) is 5.11 Å². The van der Waals surface area contributed by atoms with Gasteiger partial charge in [-0.05, 0) is 26.7 Å². The SMILES string of the molecule is CC#CC(=O)NCC(F)(F)C(C)(C)O. The van der Waals surface area contributed by atoms with E-state index in [0.717, 1.165) is 13.8 Å². The molecule has 0 fully saturated rings. The number of alkyl halides is 2. The van der Waals surface area contributed by atoms with E-state index in [1.807, 2.05) is 5.32 Å². The van der Waals surface area contributed by atoms with Gasteiger partial charge >= 0.3 is 0 Å². The highest BCUT2D eigenvalue weighted by Gasteiger charge is 2.45. The zero-order valence-corrected chi connectivity index (χ0v) is 8.32. The van der Waals surface area contributed by atoms with Gasteiger partial charge < -0.3 is 10.4 Å². The fourth-order valence-corrected chi connectivity index (χ4v) is 0.565. The largest absolute Gasteiger partial charge is 0.384 e. The van der Waals surface area contributed by atoms with Gasteiger partial charge in [-0.15, -0.1) is 0 Å². The summed E-state index contributed by atoms with van der Waals surface area (Å²) in [5.74, 6) is 0.170. The predicted molar refractivity (Wildman–Crippen MR) is 47.7 cm³/mol. The molecule has 0 aromatic heterocycles. The molecule has 1 amide bonds. The Morgan fingerprint density at radius 3 is 2.36 bits per heavy atom. The predicted octanol–water partition coefficient (Wildman–Crippen LogP) is 0.532. The molecule has 0 spiro atoms. The molecule has 0 heterocycles. The Kier molecular flexibility index (Phi) is 4.02. The molecule has 2 N–H and O–H groups in total. The van der Waals surface area contributed by atoms with Crippen LogP contribution in [0, 0.1) is 11.8 Å². The lowest BCUT2D eigenvalue weighted by Gasteiger charge is -2.28. The Morgan fingerprint density at radius 2 is 2.00 bits per heavy atom. The Labute approximate surface area is 81.5 Å². The number of nitrogens with one attached hydrogen (secondary N) is 1. The van der Waals surface area contributed by atoms with E-state index in [9.17, 15) is 13.6 Å². The van der Waals surface area contributed by atoms with Gasteiger partial charge in [0.2, 0.25) is 0 Å². The molecule has 0 rings (SSSR count). The van der Waals surface area contributed by atoms with Crippen molar-refractivity contribution < 1.29 is 18.7 Å². The fourth-order valence-electron chi connectivity index (χ4n) is 0.565. The van der Waals surface area contributed by atoms with Crippen molar-refractivity contribution in [2.45, 2.75) is 32.3 Å². The lowest BCUT2D eigenvalue weighted by Crippen LogP contribution is -2.50. The van der Waals surface area contributed by atoms with Crippen molar-refractivity contribution in [3.63, 3.8) is 0 Å². The lowest BCUT2D eigenvalue weighted by atomic mass is 10.0. The second kappa shape index (κ2) is 4.38. The van der Waals surface area contributed by atoms with E-state index >= 15 is 0 Å². The third-order valence-electron chi connectivity index (χ3n) is 1.60. The van der Waals surface area contributed by atoms with E-state index in [-0.39, 0.29) is 0 Å². The van der Waals surface area contributed by atoms with Crippen LogP contribution in [0.15, 0.2) is 0 Å². The molecule has 0 saturated carbocycles. The number of carbonyl (C=O) groups excluding carboxylic acids is 1. The summed E-state index contributed by atoms with van der Waals surface area (Å²) in [5.41, 5.74) is -2.17. The van der Waals surface area contributed by atoms with Crippen LogP contribution in [-0.2, 0) is 4.79 Å². The van der Waals surface area contributed by atoms with E-state index in [2.05, 4.69) is 11.8 Å². The Hall–Kier alpha value is -1.15. The fraction of sp³-hybridized carbons (Fsp3) is 0.667. The zero-order chi connectivity index (χ0) is 11.4. The monoisotopic (exact) mass is 205 g/mol. The first-order valence-electron chi connectivity index (χ1n) is 4.01. The lowest BCUT2D eigenvalue weighted by molar-refractivity contribution is -0.159. The summed E-state index contributed by atoms with van der Waals surface area (Å²) in [6, 6.07) is 0. The molecule has 14 heavy (non-hydrogen) atoms. The molecular formula is C9H13F2NO2. The van der Waals surface area contributed by atoms with Crippen molar-refractivity contribution in [2.75, 3.05) is 6.54 Å². The molecule has 0 unspecified atom stereocenters. The van der Waals surface area contributed by atoms with Crippen LogP contribution < -0.4 is 5.32 Å². The molecule has 0 aliphatic heterocycles. The topological polar surface area (TPSA) is 49.3 Å². The average molecular weight is 205 g/mol. The van der Waals surface area contributed by atoms with Gasteiger partial charge in [0.05, 0.1) is 6.54 Å². The standard InChI is InChI=1S/C9H13F2NO2/c1-4-5-7(13)12-6-9(10,11)8(2,3)14/h14H,6H2,1-3H3,(H,12,13). The molecular weight excluding hydrogens is 192 g/mol. The van der Waals surface area contributed by atoms with Crippen LogP contribution in [0.4, 0.5) is 8.78 Å². The maximum absolute atomic E-state index is 13.0. The number of hydrogen-bond donors (Lipinski definition) is 2. The molecule has 0 aliphatic carbocycles. The zero-order valence-electron chi connectivity index (χ0n) is 8.32. The number of rotatable bonds is 3. The van der Waals surface area contributed by atoms with Crippen LogP contribution in [0.5, 0.6) is 0 Å². The van der Waals surface area contributed by atoms with Crippen molar-refractivity contribution in [1.82, 2.24) is 5.32 Å². The molecule has 0 radical (unpaired) electrons. The normalized spacial score (nSPS) is 11.6. The number of aliphatic hydroxyl groups is 1. The van der Waals surface area contributed by atoms with Gasteiger partial charge in [-0.2, -0.15) is 0 Å². The van der Waals surface area contributed by atoms with Gasteiger partial charge in [0.1, 0.15) is 5.60 Å². The molecule has 80 valence electrons. The second-order valence-corrected chi connectivity index (χ2v) is 3.32. The van der Waals surface area contributed by atoms with Crippen molar-refractivity contribution in [3.05, 3.63) is 0 Å². The van der Waals surface area contributed by atoms with Crippen LogP contribution in [0.3, 0.4) is 0 Å². The van der Waals surface area contributed by atoms with Crippen molar-refractivity contribution in [2.24, 2.45) is 0 Å². The Balaban J connectivity index is 4.24. The third kappa shape index (κ3) is 3.71. The molecule has 0 saturated heterocycles. The molecule has 0 aromatic carbocycles. The number of hydrogen-bond acceptors (Lipinski definition) is 2. The summed E-state index contributed by atoms with van der Waals surface area (Å²) >= 11 is 0. The van der Waals surface area contributed by atoms with Crippen LogP contribution in [0.1, 0.15) is 20.8 Å².